The molecule has 0 bridgehead atoms. The maximum Gasteiger partial charge on any atom is 0.360 e. The summed E-state index contributed by atoms with van der Waals surface area (Å²) in [5.74, 6) is -0.268. The van der Waals surface area contributed by atoms with Crippen LogP contribution in [-0.4, -0.2) is 39.5 Å². The van der Waals surface area contributed by atoms with Gasteiger partial charge in [0, 0.05) is 12.0 Å². The van der Waals surface area contributed by atoms with Gasteiger partial charge in [-0.1, -0.05) is 5.21 Å². The summed E-state index contributed by atoms with van der Waals surface area (Å²) >= 11 is 0. The summed E-state index contributed by atoms with van der Waals surface area (Å²) in [6, 6.07) is -0.158. The van der Waals surface area contributed by atoms with Gasteiger partial charge in [-0.25, -0.2) is 9.48 Å². The number of carbonyl (C=O) groups excluding carboxylic acids is 2. The Morgan fingerprint density at radius 2 is 2.10 bits per heavy atom. The maximum absolute atomic E-state index is 12.2. The standard InChI is InChI=1S/C14H20N4O3/c1-3-21-14(20)11-12(9-4-5-9)18(17-16-11)8(2)13(19)15-10-6-7-10/h8-10H,3-7H2,1-2H3,(H,15,19). The Balaban J connectivity index is 1.83. The number of nitrogens with zero attached hydrogens (tertiary/aromatic N) is 3. The number of ether oxygens (including phenoxy) is 1. The molecule has 0 saturated heterocycles. The Kier molecular flexibility index (Phi) is 3.65. The van der Waals surface area contributed by atoms with Crippen molar-refractivity contribution < 1.29 is 14.3 Å². The van der Waals surface area contributed by atoms with Crippen LogP contribution in [-0.2, 0) is 9.53 Å². The molecule has 3 rings (SSSR count). The smallest absolute Gasteiger partial charge is 0.360 e. The van der Waals surface area contributed by atoms with Crippen LogP contribution in [0.1, 0.15) is 67.7 Å². The SMILES string of the molecule is CCOC(=O)c1nnn(C(C)C(=O)NC2CC2)c1C1CC1. The molecule has 1 aromatic heterocycles. The fraction of sp³-hybridized carbons (Fsp3) is 0.714. The molecule has 1 aromatic rings. The first-order valence-corrected chi connectivity index (χ1v) is 7.54. The highest BCUT2D eigenvalue weighted by Crippen LogP contribution is 2.42. The molecule has 114 valence electrons. The molecular formula is C14H20N4O3. The molecule has 0 aromatic carbocycles. The van der Waals surface area contributed by atoms with E-state index in [1.165, 1.54) is 0 Å². The Bertz CT molecular complexity index is 561. The monoisotopic (exact) mass is 292 g/mol. The quantitative estimate of drug-likeness (QED) is 0.795. The highest BCUT2D eigenvalue weighted by atomic mass is 16.5. The number of nitrogens with one attached hydrogen (secondary N) is 1. The molecule has 0 spiro atoms. The van der Waals surface area contributed by atoms with E-state index in [9.17, 15) is 9.59 Å². The lowest BCUT2D eigenvalue weighted by molar-refractivity contribution is -0.124. The van der Waals surface area contributed by atoms with Crippen LogP contribution in [0.4, 0.5) is 0 Å². The van der Waals surface area contributed by atoms with Gasteiger partial charge in [0.05, 0.1) is 12.3 Å². The Morgan fingerprint density at radius 1 is 1.38 bits per heavy atom. The molecule has 1 heterocycles. The Morgan fingerprint density at radius 3 is 2.67 bits per heavy atom. The lowest BCUT2D eigenvalue weighted by Gasteiger charge is -2.14. The number of carbonyl (C=O) groups is 2. The molecule has 2 aliphatic rings. The molecule has 1 amide bonds. The molecular weight excluding hydrogens is 272 g/mol. The van der Waals surface area contributed by atoms with Crippen molar-refractivity contribution in [3.05, 3.63) is 11.4 Å². The highest BCUT2D eigenvalue weighted by Gasteiger charge is 2.37. The third-order valence-corrected chi connectivity index (χ3v) is 3.83. The summed E-state index contributed by atoms with van der Waals surface area (Å²) in [7, 11) is 0. The van der Waals surface area contributed by atoms with Crippen LogP contribution in [0.25, 0.3) is 0 Å². The van der Waals surface area contributed by atoms with Crippen molar-refractivity contribution in [2.24, 2.45) is 0 Å². The van der Waals surface area contributed by atoms with Crippen LogP contribution in [0, 0.1) is 0 Å². The van der Waals surface area contributed by atoms with Crippen molar-refractivity contribution in [1.29, 1.82) is 0 Å². The average Bonchev–Trinajstić information content (AvgIpc) is 3.38. The van der Waals surface area contributed by atoms with Gasteiger partial charge in [-0.15, -0.1) is 5.10 Å². The van der Waals surface area contributed by atoms with Crippen molar-refractivity contribution in [3.8, 4) is 0 Å². The molecule has 2 saturated carbocycles. The van der Waals surface area contributed by atoms with Crippen molar-refractivity contribution in [3.63, 3.8) is 0 Å². The molecule has 2 aliphatic carbocycles. The van der Waals surface area contributed by atoms with E-state index in [1.54, 1.807) is 18.5 Å². The van der Waals surface area contributed by atoms with E-state index in [4.69, 9.17) is 4.74 Å². The van der Waals surface area contributed by atoms with Gasteiger partial charge in [0.15, 0.2) is 5.69 Å². The molecule has 7 heteroatoms. The lowest BCUT2D eigenvalue weighted by atomic mass is 10.2. The second-order valence-electron chi connectivity index (χ2n) is 5.72. The summed E-state index contributed by atoms with van der Waals surface area (Å²) in [6.07, 6.45) is 4.08. The number of hydrogen-bond donors (Lipinski definition) is 1. The van der Waals surface area contributed by atoms with Gasteiger partial charge < -0.3 is 10.1 Å². The van der Waals surface area contributed by atoms with Crippen LogP contribution in [0.15, 0.2) is 0 Å². The third-order valence-electron chi connectivity index (χ3n) is 3.83. The van der Waals surface area contributed by atoms with E-state index >= 15 is 0 Å². The highest BCUT2D eigenvalue weighted by molar-refractivity contribution is 5.89. The largest absolute Gasteiger partial charge is 0.461 e. The predicted molar refractivity (Wildman–Crippen MR) is 73.8 cm³/mol. The van der Waals surface area contributed by atoms with Crippen molar-refractivity contribution in [1.82, 2.24) is 20.3 Å². The summed E-state index contributed by atoms with van der Waals surface area (Å²) < 4.78 is 6.60. The number of aromatic nitrogens is 3. The van der Waals surface area contributed by atoms with Gasteiger partial charge in [-0.05, 0) is 39.5 Å². The second kappa shape index (κ2) is 5.46. The normalized spacial score (nSPS) is 19.1. The van der Waals surface area contributed by atoms with Gasteiger partial charge in [0.2, 0.25) is 5.91 Å². The van der Waals surface area contributed by atoms with Crippen molar-refractivity contribution >= 4 is 11.9 Å². The Hall–Kier alpha value is -1.92. The Labute approximate surface area is 123 Å². The summed E-state index contributed by atoms with van der Waals surface area (Å²) in [5, 5.41) is 10.9. The first-order valence-electron chi connectivity index (χ1n) is 7.54. The number of esters is 1. The minimum absolute atomic E-state index is 0.0697. The van der Waals surface area contributed by atoms with Crippen LogP contribution in [0.5, 0.6) is 0 Å². The predicted octanol–water partition coefficient (Wildman–Crippen LogP) is 1.17. The van der Waals surface area contributed by atoms with Crippen LogP contribution >= 0.6 is 0 Å². The van der Waals surface area contributed by atoms with E-state index < -0.39 is 12.0 Å². The van der Waals surface area contributed by atoms with Crippen LogP contribution in [0.3, 0.4) is 0 Å². The zero-order valence-corrected chi connectivity index (χ0v) is 12.3. The number of rotatable bonds is 6. The first-order chi connectivity index (χ1) is 10.1. The van der Waals surface area contributed by atoms with E-state index in [2.05, 4.69) is 15.6 Å². The minimum Gasteiger partial charge on any atom is -0.461 e. The fourth-order valence-electron chi connectivity index (χ4n) is 2.33. The molecule has 7 nitrogen and oxygen atoms in total. The first kappa shape index (κ1) is 14.0. The summed E-state index contributed by atoms with van der Waals surface area (Å²) in [6.45, 7) is 3.84. The van der Waals surface area contributed by atoms with Crippen molar-refractivity contribution in [2.45, 2.75) is 57.5 Å². The van der Waals surface area contributed by atoms with Crippen LogP contribution < -0.4 is 5.32 Å². The van der Waals surface area contributed by atoms with E-state index in [1.807, 2.05) is 0 Å². The molecule has 21 heavy (non-hydrogen) atoms. The van der Waals surface area contributed by atoms with Gasteiger partial charge >= 0.3 is 5.97 Å². The number of amides is 1. The number of hydrogen-bond acceptors (Lipinski definition) is 5. The van der Waals surface area contributed by atoms with Gasteiger partial charge in [-0.2, -0.15) is 0 Å². The molecule has 1 N–H and O–H groups in total. The zero-order chi connectivity index (χ0) is 15.0. The van der Waals surface area contributed by atoms with Crippen LogP contribution in [0.2, 0.25) is 0 Å². The zero-order valence-electron chi connectivity index (χ0n) is 12.3. The van der Waals surface area contributed by atoms with E-state index in [-0.39, 0.29) is 17.5 Å². The van der Waals surface area contributed by atoms with Crippen molar-refractivity contribution in [2.75, 3.05) is 6.61 Å². The minimum atomic E-state index is -0.461. The molecule has 2 fully saturated rings. The fourth-order valence-corrected chi connectivity index (χ4v) is 2.33. The topological polar surface area (TPSA) is 86.1 Å². The average molecular weight is 292 g/mol. The molecule has 1 unspecified atom stereocenters. The molecule has 1 atom stereocenters. The van der Waals surface area contributed by atoms with E-state index in [0.717, 1.165) is 31.4 Å². The van der Waals surface area contributed by atoms with E-state index in [0.29, 0.717) is 12.6 Å². The lowest BCUT2D eigenvalue weighted by Crippen LogP contribution is -2.33. The second-order valence-corrected chi connectivity index (χ2v) is 5.72. The molecule has 0 radical (unpaired) electrons. The maximum atomic E-state index is 12.2. The summed E-state index contributed by atoms with van der Waals surface area (Å²) in [4.78, 5) is 24.1. The van der Waals surface area contributed by atoms with Gasteiger partial charge in [0.25, 0.3) is 0 Å². The van der Waals surface area contributed by atoms with Gasteiger partial charge in [-0.3, -0.25) is 4.79 Å². The van der Waals surface area contributed by atoms with Gasteiger partial charge in [0.1, 0.15) is 6.04 Å². The third kappa shape index (κ3) is 2.91. The molecule has 0 aliphatic heterocycles. The summed E-state index contributed by atoms with van der Waals surface area (Å²) in [5.41, 5.74) is 0.998.